The molecule has 1 aromatic carbocycles. The summed E-state index contributed by atoms with van der Waals surface area (Å²) in [5, 5.41) is 12.2. The van der Waals surface area contributed by atoms with E-state index in [1.54, 1.807) is 12.1 Å². The highest BCUT2D eigenvalue weighted by Crippen LogP contribution is 2.32. The van der Waals surface area contributed by atoms with E-state index >= 15 is 0 Å². The van der Waals surface area contributed by atoms with Gasteiger partial charge in [-0.2, -0.15) is 5.26 Å². The molecule has 0 aliphatic carbocycles. The molecule has 1 saturated heterocycles. The van der Waals surface area contributed by atoms with Crippen LogP contribution in [0.1, 0.15) is 22.3 Å². The van der Waals surface area contributed by atoms with Crippen molar-refractivity contribution >= 4 is 28.3 Å². The maximum absolute atomic E-state index is 13.7. The van der Waals surface area contributed by atoms with Gasteiger partial charge in [0.1, 0.15) is 12.2 Å². The Morgan fingerprint density at radius 2 is 2.11 bits per heavy atom. The van der Waals surface area contributed by atoms with Crippen molar-refractivity contribution < 1.29 is 18.4 Å². The molecular formula is C25H22F2N6O2. The van der Waals surface area contributed by atoms with Gasteiger partial charge in [0.25, 0.3) is 11.8 Å². The average Bonchev–Trinajstić information content (AvgIpc) is 3.39. The van der Waals surface area contributed by atoms with Crippen LogP contribution >= 0.6 is 0 Å². The highest BCUT2D eigenvalue weighted by Gasteiger charge is 2.47. The first-order chi connectivity index (χ1) is 16.8. The predicted molar refractivity (Wildman–Crippen MR) is 124 cm³/mol. The molecular weight excluding hydrogens is 454 g/mol. The van der Waals surface area contributed by atoms with Crippen LogP contribution in [0.4, 0.5) is 8.78 Å². The molecule has 2 unspecified atom stereocenters. The number of amides is 2. The van der Waals surface area contributed by atoms with E-state index in [0.717, 1.165) is 16.0 Å². The van der Waals surface area contributed by atoms with Crippen LogP contribution in [-0.2, 0) is 4.79 Å². The summed E-state index contributed by atoms with van der Waals surface area (Å²) in [7, 11) is 2.00. The zero-order valence-corrected chi connectivity index (χ0v) is 18.9. The lowest BCUT2D eigenvalue weighted by Crippen LogP contribution is -2.43. The molecule has 10 heteroatoms. The van der Waals surface area contributed by atoms with Crippen LogP contribution in [0.3, 0.4) is 0 Å². The van der Waals surface area contributed by atoms with Gasteiger partial charge in [0.05, 0.1) is 30.2 Å². The number of fused-ring (bicyclic) bond motifs is 2. The van der Waals surface area contributed by atoms with E-state index in [4.69, 9.17) is 5.26 Å². The molecule has 1 N–H and O–H groups in total. The number of carbonyl (C=O) groups is 2. The monoisotopic (exact) mass is 476 g/mol. The lowest BCUT2D eigenvalue weighted by atomic mass is 9.99. The third-order valence-corrected chi connectivity index (χ3v) is 6.39. The summed E-state index contributed by atoms with van der Waals surface area (Å²) < 4.78 is 27.3. The van der Waals surface area contributed by atoms with E-state index in [2.05, 4.69) is 26.2 Å². The third-order valence-electron chi connectivity index (χ3n) is 6.39. The molecule has 0 radical (unpaired) electrons. The number of likely N-dealkylation sites (tertiary alicyclic amines) is 1. The number of likely N-dealkylation sites (N-methyl/N-ethyl adjacent to an activating group) is 1. The Bertz CT molecular complexity index is 1350. The van der Waals surface area contributed by atoms with Gasteiger partial charge >= 0.3 is 0 Å². The summed E-state index contributed by atoms with van der Waals surface area (Å²) in [5.41, 5.74) is 2.78. The second-order valence-corrected chi connectivity index (χ2v) is 8.77. The average molecular weight is 476 g/mol. The van der Waals surface area contributed by atoms with Crippen molar-refractivity contribution in [3.8, 4) is 6.07 Å². The molecule has 8 nitrogen and oxygen atoms in total. The fourth-order valence-corrected chi connectivity index (χ4v) is 4.56. The molecule has 0 spiro atoms. The number of nitrogens with one attached hydrogen (secondary N) is 1. The minimum atomic E-state index is -3.11. The first-order valence-corrected chi connectivity index (χ1v) is 11.1. The summed E-state index contributed by atoms with van der Waals surface area (Å²) in [6.07, 6.45) is 11.0. The van der Waals surface area contributed by atoms with E-state index in [0.29, 0.717) is 16.5 Å². The standard InChI is InChI=1S/C25H22F2N6O2/c1-31-8-9-32-14-17(3-5-22(31)32)16-2-4-21-20(10-16)19(6-7-29-21)24(35)30-13-23(34)33-15-25(26,27)11-18(33)12-28/h2-10,14,18,22H,11,13,15H2,1H3,(H,30,35). The van der Waals surface area contributed by atoms with E-state index in [1.165, 1.54) is 6.20 Å². The van der Waals surface area contributed by atoms with E-state index in [9.17, 15) is 18.4 Å². The maximum atomic E-state index is 13.7. The van der Waals surface area contributed by atoms with Crippen molar-refractivity contribution in [2.75, 3.05) is 20.1 Å². The van der Waals surface area contributed by atoms with Crippen LogP contribution < -0.4 is 5.32 Å². The van der Waals surface area contributed by atoms with Gasteiger partial charge in [-0.15, -0.1) is 0 Å². The number of hydrogen-bond donors (Lipinski definition) is 1. The lowest BCUT2D eigenvalue weighted by molar-refractivity contribution is -0.131. The van der Waals surface area contributed by atoms with E-state index in [-0.39, 0.29) is 6.17 Å². The number of aromatic nitrogens is 1. The lowest BCUT2D eigenvalue weighted by Gasteiger charge is -2.28. The Morgan fingerprint density at radius 1 is 1.29 bits per heavy atom. The smallest absolute Gasteiger partial charge is 0.268 e. The number of nitrogens with zero attached hydrogens (tertiary/aromatic N) is 5. The molecule has 3 aliphatic rings. The fourth-order valence-electron chi connectivity index (χ4n) is 4.56. The Labute approximate surface area is 200 Å². The van der Waals surface area contributed by atoms with Crippen LogP contribution in [0, 0.1) is 11.3 Å². The Kier molecular flexibility index (Phi) is 5.47. The van der Waals surface area contributed by atoms with Gasteiger partial charge in [-0.25, -0.2) is 8.78 Å². The third kappa shape index (κ3) is 4.21. The number of benzene rings is 1. The van der Waals surface area contributed by atoms with E-state index < -0.39 is 43.3 Å². The van der Waals surface area contributed by atoms with Gasteiger partial charge in [-0.05, 0) is 35.4 Å². The number of hydrogen-bond acceptors (Lipinski definition) is 6. The molecule has 1 aromatic heterocycles. The van der Waals surface area contributed by atoms with Crippen molar-refractivity contribution in [1.82, 2.24) is 25.0 Å². The van der Waals surface area contributed by atoms with Crippen LogP contribution in [0.25, 0.3) is 16.5 Å². The quantitative estimate of drug-likeness (QED) is 0.730. The number of carbonyl (C=O) groups excluding carboxylic acids is 2. The highest BCUT2D eigenvalue weighted by atomic mass is 19.3. The molecule has 5 rings (SSSR count). The molecule has 0 bridgehead atoms. The first-order valence-electron chi connectivity index (χ1n) is 11.1. The summed E-state index contributed by atoms with van der Waals surface area (Å²) >= 11 is 0. The second-order valence-electron chi connectivity index (χ2n) is 8.77. The van der Waals surface area contributed by atoms with Gasteiger partial charge in [0.15, 0.2) is 0 Å². The van der Waals surface area contributed by atoms with Crippen molar-refractivity contribution in [2.45, 2.75) is 24.6 Å². The normalized spacial score (nSPS) is 22.2. The fraction of sp³-hybridized carbons (Fsp3) is 0.280. The van der Waals surface area contributed by atoms with Gasteiger partial charge in [0, 0.05) is 43.7 Å². The number of nitriles is 1. The number of rotatable bonds is 4. The van der Waals surface area contributed by atoms with Crippen LogP contribution in [0.5, 0.6) is 0 Å². The minimum absolute atomic E-state index is 0.135. The molecule has 4 heterocycles. The van der Waals surface area contributed by atoms with Gasteiger partial charge in [-0.3, -0.25) is 14.6 Å². The van der Waals surface area contributed by atoms with Gasteiger partial charge in [0.2, 0.25) is 5.91 Å². The summed E-state index contributed by atoms with van der Waals surface area (Å²) in [6, 6.07) is 7.69. The number of halogens is 2. The molecule has 1 fully saturated rings. The van der Waals surface area contributed by atoms with Crippen LogP contribution in [0.15, 0.2) is 61.2 Å². The van der Waals surface area contributed by atoms with Crippen molar-refractivity contribution in [2.24, 2.45) is 0 Å². The number of allylic oxidation sites excluding steroid dienone is 2. The number of pyridine rings is 1. The van der Waals surface area contributed by atoms with Crippen LogP contribution in [0.2, 0.25) is 0 Å². The highest BCUT2D eigenvalue weighted by molar-refractivity contribution is 6.07. The minimum Gasteiger partial charge on any atom is -0.356 e. The molecule has 3 aliphatic heterocycles. The van der Waals surface area contributed by atoms with Gasteiger partial charge < -0.3 is 20.0 Å². The van der Waals surface area contributed by atoms with Crippen molar-refractivity contribution in [3.63, 3.8) is 0 Å². The summed E-state index contributed by atoms with van der Waals surface area (Å²) in [6.45, 7) is -1.31. The van der Waals surface area contributed by atoms with Gasteiger partial charge in [-0.1, -0.05) is 12.1 Å². The molecule has 2 atom stereocenters. The predicted octanol–water partition coefficient (Wildman–Crippen LogP) is 2.68. The Morgan fingerprint density at radius 3 is 2.91 bits per heavy atom. The van der Waals surface area contributed by atoms with E-state index in [1.807, 2.05) is 49.9 Å². The number of alkyl halides is 2. The first kappa shape index (κ1) is 22.5. The van der Waals surface area contributed by atoms with Crippen molar-refractivity contribution in [1.29, 1.82) is 5.26 Å². The summed E-state index contributed by atoms with van der Waals surface area (Å²) in [4.78, 5) is 34.7. The molecule has 2 amide bonds. The Balaban J connectivity index is 1.35. The molecule has 0 saturated carbocycles. The zero-order valence-electron chi connectivity index (χ0n) is 18.9. The second kappa shape index (κ2) is 8.51. The summed E-state index contributed by atoms with van der Waals surface area (Å²) in [5.74, 6) is -4.36. The topological polar surface area (TPSA) is 92.6 Å². The SMILES string of the molecule is CN1C=CN2C=C(c3ccc4nccc(C(=O)NCC(=O)N5CC(F)(F)CC5C#N)c4c3)C=CC12. The largest absolute Gasteiger partial charge is 0.356 e. The zero-order chi connectivity index (χ0) is 24.7. The molecule has 2 aromatic rings. The molecule has 35 heavy (non-hydrogen) atoms. The molecule has 178 valence electrons. The van der Waals surface area contributed by atoms with Crippen LogP contribution in [-0.4, -0.2) is 69.8 Å². The maximum Gasteiger partial charge on any atom is 0.268 e. The van der Waals surface area contributed by atoms with Crippen molar-refractivity contribution in [3.05, 3.63) is 72.3 Å². The Hall–Kier alpha value is -4.26.